The predicted molar refractivity (Wildman–Crippen MR) is 345 cm³/mol. The summed E-state index contributed by atoms with van der Waals surface area (Å²) in [6.45, 7) is 4.70. The molecule has 0 saturated heterocycles. The molecule has 2 aromatic carbocycles. The number of fused-ring (bicyclic) bond motifs is 3. The fourth-order valence-corrected chi connectivity index (χ4v) is 10.5. The van der Waals surface area contributed by atoms with E-state index >= 15 is 0 Å². The van der Waals surface area contributed by atoms with E-state index < -0.39 is 36.0 Å². The molecular formula is C67H108N8O15. The number of ketones is 3. The first-order chi connectivity index (χ1) is 43.7. The Bertz CT molecular complexity index is 2370. The van der Waals surface area contributed by atoms with Gasteiger partial charge in [-0.05, 0) is 179 Å². The number of amides is 4. The Morgan fingerprint density at radius 1 is 0.378 bits per heavy atom. The van der Waals surface area contributed by atoms with Crippen molar-refractivity contribution in [3.8, 4) is 11.1 Å². The van der Waals surface area contributed by atoms with E-state index in [1.54, 1.807) is 0 Å². The van der Waals surface area contributed by atoms with Crippen LogP contribution in [0.3, 0.4) is 0 Å². The van der Waals surface area contributed by atoms with Crippen molar-refractivity contribution in [2.24, 2.45) is 0 Å². The molecule has 4 amide bonds. The van der Waals surface area contributed by atoms with E-state index in [9.17, 15) is 48.3 Å². The highest BCUT2D eigenvalue weighted by Crippen LogP contribution is 2.44. The van der Waals surface area contributed by atoms with Crippen LogP contribution in [0.5, 0.6) is 0 Å². The first-order valence-corrected chi connectivity index (χ1v) is 32.9. The molecule has 0 spiro atoms. The largest absolute Gasteiger partial charge is 0.480 e. The second-order valence-corrected chi connectivity index (χ2v) is 22.9. The highest BCUT2D eigenvalue weighted by Gasteiger charge is 2.30. The summed E-state index contributed by atoms with van der Waals surface area (Å²) in [7, 11) is 7.38. The summed E-state index contributed by atoms with van der Waals surface area (Å²) in [6, 6.07) is 13.4. The molecule has 3 rings (SSSR count). The van der Waals surface area contributed by atoms with E-state index in [0.717, 1.165) is 82.3 Å². The minimum Gasteiger partial charge on any atom is -0.480 e. The fraction of sp³-hybridized carbons (Fsp3) is 0.687. The maximum atomic E-state index is 13.4. The number of unbranched alkanes of at least 4 members (excludes halogenated alkanes) is 4. The number of esters is 1. The second kappa shape index (κ2) is 49.6. The molecule has 0 aliphatic heterocycles. The first kappa shape index (κ1) is 78.2. The van der Waals surface area contributed by atoms with Gasteiger partial charge >= 0.3 is 11.9 Å². The van der Waals surface area contributed by atoms with Crippen molar-refractivity contribution in [1.29, 1.82) is 0 Å². The van der Waals surface area contributed by atoms with Gasteiger partial charge in [-0.2, -0.15) is 0 Å². The molecule has 1 aliphatic carbocycles. The van der Waals surface area contributed by atoms with Gasteiger partial charge < -0.3 is 71.3 Å². The van der Waals surface area contributed by atoms with Gasteiger partial charge in [0.2, 0.25) is 23.6 Å². The highest BCUT2D eigenvalue weighted by molar-refractivity contribution is 5.90. The summed E-state index contributed by atoms with van der Waals surface area (Å²) in [4.78, 5) is 116. The number of Topliss-reactive ketones (excluding diaryl/α,β-unsaturated/α-hetero) is 3. The van der Waals surface area contributed by atoms with Crippen LogP contribution < -0.4 is 42.5 Å². The Morgan fingerprint density at radius 2 is 0.678 bits per heavy atom. The zero-order chi connectivity index (χ0) is 65.4. The van der Waals surface area contributed by atoms with Crippen molar-refractivity contribution < 1.29 is 71.9 Å². The SMILES string of the molecule is CNCCCCC(NC(=O)CCOCCCC(=O)C(CCCCNC)NC(=O)CCOCCCC(=O)C(CCCCNC)NC(=O)CCOCCCC(=O)C(CCCCNC)NC(=O)CCOCCCC(=O)OCC1c2ccccc2-c2ccccc21)C(=O)O. The van der Waals surface area contributed by atoms with Gasteiger partial charge in [-0.1, -0.05) is 48.5 Å². The molecule has 9 N–H and O–H groups in total. The smallest absolute Gasteiger partial charge is 0.326 e. The molecule has 0 heterocycles. The van der Waals surface area contributed by atoms with Crippen molar-refractivity contribution in [2.75, 3.05) is 114 Å². The zero-order valence-corrected chi connectivity index (χ0v) is 54.3. The van der Waals surface area contributed by atoms with E-state index in [0.29, 0.717) is 57.8 Å². The van der Waals surface area contributed by atoms with Gasteiger partial charge in [0.1, 0.15) is 12.6 Å². The van der Waals surface area contributed by atoms with Crippen molar-refractivity contribution in [2.45, 2.75) is 184 Å². The van der Waals surface area contributed by atoms with Crippen LogP contribution in [0, 0.1) is 0 Å². The maximum absolute atomic E-state index is 13.4. The Labute approximate surface area is 534 Å². The van der Waals surface area contributed by atoms with E-state index in [4.69, 9.17) is 23.7 Å². The molecule has 506 valence electrons. The first-order valence-electron chi connectivity index (χ1n) is 32.9. The van der Waals surface area contributed by atoms with E-state index in [1.165, 1.54) is 11.1 Å². The van der Waals surface area contributed by atoms with Crippen LogP contribution in [0.2, 0.25) is 0 Å². The molecule has 4 atom stereocenters. The topological polar surface area (TPSA) is 316 Å². The lowest BCUT2D eigenvalue weighted by molar-refractivity contribution is -0.144. The average Bonchev–Trinajstić information content (AvgIpc) is 1.63. The standard InChI is InChI=1S/C67H108N8O15/c1-68-37-13-9-25-55(59(76)29-17-41-86-46-34-63(80)73-56(26-10-14-38-69-2)61(78)31-19-43-88-48-36-65(82)75-58(67(84)85)28-12-16-40-71-4)72-62(79)33-45-87-42-18-30-60(77)57(27-11-15-39-70-3)74-64(81)35-47-89-44-20-32-66(83)90-49-54-52-23-7-5-21-50(52)51-22-6-8-24-53(51)54/h5-8,21-24,54-58,68-71H,9-20,25-49H2,1-4H3,(H,72,79)(H,73,80)(H,74,81)(H,75,82)(H,84,85). The van der Waals surface area contributed by atoms with Crippen LogP contribution in [0.4, 0.5) is 0 Å². The van der Waals surface area contributed by atoms with E-state index in [1.807, 2.05) is 52.5 Å². The van der Waals surface area contributed by atoms with Gasteiger partial charge in [-0.3, -0.25) is 38.4 Å². The molecule has 1 aliphatic rings. The van der Waals surface area contributed by atoms with Crippen LogP contribution in [0.25, 0.3) is 11.1 Å². The van der Waals surface area contributed by atoms with E-state index in [-0.39, 0.29) is 158 Å². The number of carbonyl (C=O) groups excluding carboxylic acids is 8. The molecule has 2 aromatic rings. The number of carbonyl (C=O) groups is 9. The van der Waals surface area contributed by atoms with Crippen molar-refractivity contribution in [3.05, 3.63) is 59.7 Å². The number of rotatable bonds is 58. The summed E-state index contributed by atoms with van der Waals surface area (Å²) >= 11 is 0. The number of carboxylic acids is 1. The number of nitrogens with one attached hydrogen (secondary N) is 8. The number of carboxylic acid groups (broad SMARTS) is 1. The summed E-state index contributed by atoms with van der Waals surface area (Å²) in [5.41, 5.74) is 4.64. The number of benzene rings is 2. The molecule has 0 radical (unpaired) electrons. The Hall–Kier alpha value is -6.05. The highest BCUT2D eigenvalue weighted by atomic mass is 16.5. The zero-order valence-electron chi connectivity index (χ0n) is 54.3. The molecule has 23 nitrogen and oxygen atoms in total. The molecule has 90 heavy (non-hydrogen) atoms. The van der Waals surface area contributed by atoms with Crippen LogP contribution in [-0.2, 0) is 66.8 Å². The third-order valence-electron chi connectivity index (χ3n) is 15.6. The van der Waals surface area contributed by atoms with Gasteiger partial charge in [0.05, 0.1) is 44.6 Å². The lowest BCUT2D eigenvalue weighted by atomic mass is 9.98. The third kappa shape index (κ3) is 34.4. The van der Waals surface area contributed by atoms with Crippen LogP contribution >= 0.6 is 0 Å². The molecule has 0 bridgehead atoms. The lowest BCUT2D eigenvalue weighted by Crippen LogP contribution is -2.41. The Morgan fingerprint density at radius 3 is 1.00 bits per heavy atom. The average molecular weight is 1270 g/mol. The third-order valence-corrected chi connectivity index (χ3v) is 15.6. The monoisotopic (exact) mass is 1260 g/mol. The molecule has 0 saturated carbocycles. The molecule has 0 fully saturated rings. The van der Waals surface area contributed by atoms with Gasteiger partial charge in [0.15, 0.2) is 17.3 Å². The lowest BCUT2D eigenvalue weighted by Gasteiger charge is -2.19. The minimum absolute atomic E-state index is 0.00830. The van der Waals surface area contributed by atoms with Crippen LogP contribution in [0.15, 0.2) is 48.5 Å². The van der Waals surface area contributed by atoms with Crippen LogP contribution in [-0.4, -0.2) is 196 Å². The summed E-state index contributed by atoms with van der Waals surface area (Å²) in [6.07, 6.45) is 10.3. The van der Waals surface area contributed by atoms with Gasteiger partial charge in [-0.25, -0.2) is 4.79 Å². The molecule has 0 aromatic heterocycles. The summed E-state index contributed by atoms with van der Waals surface area (Å²) in [5.74, 6) is -3.11. The summed E-state index contributed by atoms with van der Waals surface area (Å²) < 4.78 is 28.4. The Balaban J connectivity index is 1.31. The Kier molecular flexibility index (Phi) is 43.1. The normalized spacial score (nSPS) is 13.1. The maximum Gasteiger partial charge on any atom is 0.326 e. The van der Waals surface area contributed by atoms with Gasteiger partial charge in [0.25, 0.3) is 0 Å². The van der Waals surface area contributed by atoms with E-state index in [2.05, 4.69) is 66.8 Å². The summed E-state index contributed by atoms with van der Waals surface area (Å²) in [5, 5.41) is 33.0. The van der Waals surface area contributed by atoms with Crippen molar-refractivity contribution in [1.82, 2.24) is 42.5 Å². The van der Waals surface area contributed by atoms with Crippen LogP contribution in [0.1, 0.15) is 171 Å². The number of ether oxygens (including phenoxy) is 5. The quantitative estimate of drug-likeness (QED) is 0.0297. The molecule has 4 unspecified atom stereocenters. The van der Waals surface area contributed by atoms with Crippen molar-refractivity contribution >= 4 is 52.9 Å². The van der Waals surface area contributed by atoms with Gasteiger partial charge in [0, 0.05) is 83.7 Å². The molecule has 23 heteroatoms. The number of aliphatic carboxylic acids is 1. The fourth-order valence-electron chi connectivity index (χ4n) is 10.5. The minimum atomic E-state index is -1.08. The molecular weight excluding hydrogens is 1160 g/mol. The van der Waals surface area contributed by atoms with Crippen molar-refractivity contribution in [3.63, 3.8) is 0 Å². The van der Waals surface area contributed by atoms with Gasteiger partial charge in [-0.15, -0.1) is 0 Å². The predicted octanol–water partition coefficient (Wildman–Crippen LogP) is 5.38. The number of hydrogen-bond donors (Lipinski definition) is 9. The number of hydrogen-bond acceptors (Lipinski definition) is 18. The second-order valence-electron chi connectivity index (χ2n) is 22.9.